The molecule has 0 spiro atoms. The minimum Gasteiger partial charge on any atom is -0.478 e. The molecule has 0 unspecified atom stereocenters. The van der Waals surface area contributed by atoms with Gasteiger partial charge in [-0.15, -0.1) is 0 Å². The number of carboxylic acid groups (broad SMARTS) is 2. The van der Waals surface area contributed by atoms with Gasteiger partial charge in [-0.1, -0.05) is 59.3 Å². The summed E-state index contributed by atoms with van der Waals surface area (Å²) >= 11 is 0. The Morgan fingerprint density at radius 3 is 1.96 bits per heavy atom. The average molecular weight is 348 g/mol. The molecule has 0 amide bonds. The van der Waals surface area contributed by atoms with E-state index in [9.17, 15) is 19.8 Å². The molecule has 140 valence electrons. The number of benzene rings is 1. The number of hydrogen-bond acceptors (Lipinski definition) is 2. The predicted molar refractivity (Wildman–Crippen MR) is 101 cm³/mol. The van der Waals surface area contributed by atoms with Crippen LogP contribution >= 0.6 is 0 Å². The topological polar surface area (TPSA) is 74.6 Å². The summed E-state index contributed by atoms with van der Waals surface area (Å²) in [6.07, 6.45) is 9.09. The molecule has 0 saturated carbocycles. The highest BCUT2D eigenvalue weighted by molar-refractivity contribution is 5.93. The first-order valence-corrected chi connectivity index (χ1v) is 9.53. The molecular formula is C21H32O4. The Balaban J connectivity index is 3.41. The first kappa shape index (κ1) is 21.2. The lowest BCUT2D eigenvalue weighted by Crippen LogP contribution is -2.29. The molecule has 1 aromatic carbocycles. The molecule has 0 atom stereocenters. The summed E-state index contributed by atoms with van der Waals surface area (Å²) in [5.41, 5.74) is 0.879. The van der Waals surface area contributed by atoms with Crippen molar-refractivity contribution in [2.45, 2.75) is 84.0 Å². The first-order chi connectivity index (χ1) is 11.9. The van der Waals surface area contributed by atoms with E-state index in [2.05, 4.69) is 20.8 Å². The zero-order chi connectivity index (χ0) is 18.9. The van der Waals surface area contributed by atoms with Crippen LogP contribution in [0.4, 0.5) is 0 Å². The van der Waals surface area contributed by atoms with Gasteiger partial charge in [-0.25, -0.2) is 9.59 Å². The maximum Gasteiger partial charge on any atom is 0.335 e. The molecule has 0 aromatic heterocycles. The van der Waals surface area contributed by atoms with Crippen LogP contribution in [0.5, 0.6) is 0 Å². The zero-order valence-corrected chi connectivity index (χ0v) is 15.8. The van der Waals surface area contributed by atoms with Gasteiger partial charge in [0.25, 0.3) is 0 Å². The number of unbranched alkanes of at least 4 members (excludes halogenated alkanes) is 3. The van der Waals surface area contributed by atoms with Gasteiger partial charge >= 0.3 is 11.9 Å². The van der Waals surface area contributed by atoms with Gasteiger partial charge in [0.05, 0.1) is 11.1 Å². The number of hydrogen-bond donors (Lipinski definition) is 2. The van der Waals surface area contributed by atoms with E-state index in [0.29, 0.717) is 5.56 Å². The van der Waals surface area contributed by atoms with Gasteiger partial charge < -0.3 is 10.2 Å². The summed E-state index contributed by atoms with van der Waals surface area (Å²) in [5, 5.41) is 19.0. The van der Waals surface area contributed by atoms with Crippen molar-refractivity contribution in [1.82, 2.24) is 0 Å². The largest absolute Gasteiger partial charge is 0.478 e. The number of rotatable bonds is 12. The molecule has 25 heavy (non-hydrogen) atoms. The third-order valence-corrected chi connectivity index (χ3v) is 5.03. The minimum atomic E-state index is -1.01. The highest BCUT2D eigenvalue weighted by Gasteiger charge is 2.34. The van der Waals surface area contributed by atoms with Crippen LogP contribution in [0.15, 0.2) is 18.2 Å². The Morgan fingerprint density at radius 2 is 1.48 bits per heavy atom. The predicted octanol–water partition coefficient (Wildman–Crippen LogP) is 5.89. The quantitative estimate of drug-likeness (QED) is 0.462. The van der Waals surface area contributed by atoms with Gasteiger partial charge in [0.15, 0.2) is 0 Å². The summed E-state index contributed by atoms with van der Waals surface area (Å²) in [4.78, 5) is 23.2. The zero-order valence-electron chi connectivity index (χ0n) is 15.8. The van der Waals surface area contributed by atoms with Crippen LogP contribution in [-0.4, -0.2) is 22.2 Å². The smallest absolute Gasteiger partial charge is 0.335 e. The molecule has 0 fully saturated rings. The summed E-state index contributed by atoms with van der Waals surface area (Å²) < 4.78 is 0. The van der Waals surface area contributed by atoms with Crippen LogP contribution in [0.25, 0.3) is 0 Å². The Morgan fingerprint density at radius 1 is 0.840 bits per heavy atom. The lowest BCUT2D eigenvalue weighted by Gasteiger charge is -2.36. The monoisotopic (exact) mass is 348 g/mol. The summed E-state index contributed by atoms with van der Waals surface area (Å²) in [6.45, 7) is 6.39. The molecule has 0 saturated heterocycles. The van der Waals surface area contributed by atoms with Gasteiger partial charge in [0, 0.05) is 0 Å². The standard InChI is InChI=1S/C21H32O4/c1-4-7-8-9-14-21(12-5-2,13-6-3)18-15-16(19(22)23)10-11-17(18)20(24)25/h10-11,15H,4-9,12-14H2,1-3H3,(H,22,23)(H,24,25). The van der Waals surface area contributed by atoms with Crippen LogP contribution in [0, 0.1) is 0 Å². The molecular weight excluding hydrogens is 316 g/mol. The van der Waals surface area contributed by atoms with Crippen molar-refractivity contribution < 1.29 is 19.8 Å². The van der Waals surface area contributed by atoms with Gasteiger partial charge in [-0.05, 0) is 48.4 Å². The highest BCUT2D eigenvalue weighted by Crippen LogP contribution is 2.41. The molecule has 1 rings (SSSR count). The van der Waals surface area contributed by atoms with Crippen molar-refractivity contribution in [3.8, 4) is 0 Å². The SMILES string of the molecule is CCCCCCC(CCC)(CCC)c1cc(C(=O)O)ccc1C(=O)O. The van der Waals surface area contributed by atoms with Crippen molar-refractivity contribution in [3.63, 3.8) is 0 Å². The lowest BCUT2D eigenvalue weighted by molar-refractivity contribution is 0.0677. The fraction of sp³-hybridized carbons (Fsp3) is 0.619. The normalized spacial score (nSPS) is 11.5. The van der Waals surface area contributed by atoms with Gasteiger partial charge in [0.1, 0.15) is 0 Å². The Kier molecular flexibility index (Phi) is 8.67. The molecule has 4 nitrogen and oxygen atoms in total. The van der Waals surface area contributed by atoms with E-state index < -0.39 is 11.9 Å². The van der Waals surface area contributed by atoms with Crippen LogP contribution in [-0.2, 0) is 5.41 Å². The number of carbonyl (C=O) groups is 2. The van der Waals surface area contributed by atoms with E-state index in [4.69, 9.17) is 0 Å². The van der Waals surface area contributed by atoms with Gasteiger partial charge in [0.2, 0.25) is 0 Å². The molecule has 0 radical (unpaired) electrons. The third-order valence-electron chi connectivity index (χ3n) is 5.03. The number of aromatic carboxylic acids is 2. The van der Waals surface area contributed by atoms with Crippen molar-refractivity contribution in [1.29, 1.82) is 0 Å². The fourth-order valence-electron chi connectivity index (χ4n) is 3.93. The van der Waals surface area contributed by atoms with Crippen LogP contribution in [0.3, 0.4) is 0 Å². The van der Waals surface area contributed by atoms with Crippen LogP contribution < -0.4 is 0 Å². The summed E-state index contributed by atoms with van der Waals surface area (Å²) in [6, 6.07) is 4.47. The summed E-state index contributed by atoms with van der Waals surface area (Å²) in [7, 11) is 0. The van der Waals surface area contributed by atoms with E-state index in [1.165, 1.54) is 18.6 Å². The first-order valence-electron chi connectivity index (χ1n) is 9.53. The van der Waals surface area contributed by atoms with Crippen molar-refractivity contribution >= 4 is 11.9 Å². The Labute approximate surface area is 151 Å². The second-order valence-electron chi connectivity index (χ2n) is 6.96. The molecule has 0 aliphatic rings. The number of carboxylic acids is 2. The molecule has 0 bridgehead atoms. The summed E-state index contributed by atoms with van der Waals surface area (Å²) in [5.74, 6) is -1.98. The van der Waals surface area contributed by atoms with E-state index in [1.807, 2.05) is 0 Å². The molecule has 4 heteroatoms. The van der Waals surface area contributed by atoms with Crippen LogP contribution in [0.2, 0.25) is 0 Å². The van der Waals surface area contributed by atoms with E-state index in [0.717, 1.165) is 51.4 Å². The highest BCUT2D eigenvalue weighted by atomic mass is 16.4. The van der Waals surface area contributed by atoms with Crippen molar-refractivity contribution in [2.75, 3.05) is 0 Å². The molecule has 1 aromatic rings. The Hall–Kier alpha value is -1.84. The molecule has 0 heterocycles. The van der Waals surface area contributed by atoms with Gasteiger partial charge in [-0.3, -0.25) is 0 Å². The van der Waals surface area contributed by atoms with Crippen LogP contribution in [0.1, 0.15) is 105 Å². The van der Waals surface area contributed by atoms with Crippen molar-refractivity contribution in [3.05, 3.63) is 34.9 Å². The van der Waals surface area contributed by atoms with E-state index >= 15 is 0 Å². The van der Waals surface area contributed by atoms with Crippen molar-refractivity contribution in [2.24, 2.45) is 0 Å². The van der Waals surface area contributed by atoms with E-state index in [1.54, 1.807) is 6.07 Å². The minimum absolute atomic E-state index is 0.171. The third kappa shape index (κ3) is 5.58. The molecule has 0 aliphatic heterocycles. The average Bonchev–Trinajstić information content (AvgIpc) is 2.58. The maximum atomic E-state index is 11.8. The second kappa shape index (κ2) is 10.2. The van der Waals surface area contributed by atoms with E-state index in [-0.39, 0.29) is 16.5 Å². The fourth-order valence-corrected chi connectivity index (χ4v) is 3.93. The maximum absolute atomic E-state index is 11.8. The van der Waals surface area contributed by atoms with Gasteiger partial charge in [-0.2, -0.15) is 0 Å². The molecule has 0 aliphatic carbocycles. The lowest BCUT2D eigenvalue weighted by atomic mass is 9.68. The Bertz CT molecular complexity index is 571. The second-order valence-corrected chi connectivity index (χ2v) is 6.96. The molecule has 2 N–H and O–H groups in total.